The van der Waals surface area contributed by atoms with Crippen molar-refractivity contribution in [3.05, 3.63) is 23.8 Å². The number of benzene rings is 1. The molecule has 9 heteroatoms. The summed E-state index contributed by atoms with van der Waals surface area (Å²) in [4.78, 5) is 40.4. The topological polar surface area (TPSA) is 136 Å². The molecule has 9 nitrogen and oxygen atoms in total. The monoisotopic (exact) mass is 504 g/mol. The number of phenols is 2. The molecular formula is C27H40N2O7. The molecule has 1 heterocycles. The lowest BCUT2D eigenvalue weighted by Crippen LogP contribution is -2.54. The highest BCUT2D eigenvalue weighted by Gasteiger charge is 2.54. The zero-order valence-corrected chi connectivity index (χ0v) is 21.9. The predicted molar refractivity (Wildman–Crippen MR) is 133 cm³/mol. The summed E-state index contributed by atoms with van der Waals surface area (Å²) < 4.78 is 6.10. The number of aliphatic hydroxyl groups excluding tert-OH is 1. The normalized spacial score (nSPS) is 26.9. The van der Waals surface area contributed by atoms with Crippen LogP contribution in [0, 0.1) is 11.3 Å². The molecule has 1 saturated carbocycles. The van der Waals surface area contributed by atoms with Gasteiger partial charge in [-0.15, -0.1) is 0 Å². The number of ether oxygens (including phenoxy) is 1. The summed E-state index contributed by atoms with van der Waals surface area (Å²) >= 11 is 0. The number of aromatic hydroxyl groups is 2. The van der Waals surface area contributed by atoms with Gasteiger partial charge in [0.05, 0.1) is 0 Å². The average molecular weight is 505 g/mol. The number of nitrogens with one attached hydrogen (secondary N) is 1. The maximum Gasteiger partial charge on any atom is 0.329 e. The number of likely N-dealkylation sites (tertiary alicyclic amines) is 1. The van der Waals surface area contributed by atoms with Crippen LogP contribution in [0.5, 0.6) is 11.5 Å². The Labute approximate surface area is 212 Å². The van der Waals surface area contributed by atoms with E-state index in [1.54, 1.807) is 0 Å². The van der Waals surface area contributed by atoms with E-state index in [1.807, 2.05) is 6.92 Å². The van der Waals surface area contributed by atoms with Crippen molar-refractivity contribution < 1.29 is 34.4 Å². The molecule has 1 aromatic carbocycles. The summed E-state index contributed by atoms with van der Waals surface area (Å²) in [5.74, 6) is -1.74. The molecule has 200 valence electrons. The standard InChI is InChI=1S/C27H40N2O7/c1-6-18-11-12-27(5,26(18,3)4)36-25(35)19-8-7-13-29(19)24(34)16(2)28-23(33)22(32)15-17-9-10-20(30)21(31)14-17/h9-10,14,16,18-19,22,30-32H,6-8,11-13,15H2,1-5H3,(H,28,33)/t16-,18?,19-,22-,27?/m0/s1. The van der Waals surface area contributed by atoms with Crippen molar-refractivity contribution in [2.45, 2.75) is 96.9 Å². The SMILES string of the molecule is CCC1CCC(C)(OC(=O)[C@@H]2CCCN2C(=O)[C@H](C)NC(=O)[C@@H](O)Cc2ccc(O)c(O)c2)C1(C)C. The summed E-state index contributed by atoms with van der Waals surface area (Å²) in [6.45, 7) is 10.3. The molecule has 0 bridgehead atoms. The van der Waals surface area contributed by atoms with Crippen molar-refractivity contribution >= 4 is 17.8 Å². The first kappa shape index (κ1) is 27.8. The van der Waals surface area contributed by atoms with Crippen LogP contribution in [0.15, 0.2) is 18.2 Å². The van der Waals surface area contributed by atoms with Crippen molar-refractivity contribution in [3.63, 3.8) is 0 Å². The highest BCUT2D eigenvalue weighted by Crippen LogP contribution is 2.53. The number of rotatable bonds is 8. The fourth-order valence-corrected chi connectivity index (χ4v) is 5.66. The van der Waals surface area contributed by atoms with Crippen molar-refractivity contribution in [3.8, 4) is 11.5 Å². The van der Waals surface area contributed by atoms with E-state index in [1.165, 1.54) is 30.0 Å². The maximum atomic E-state index is 13.2. The molecule has 1 aliphatic heterocycles. The van der Waals surface area contributed by atoms with Gasteiger partial charge in [-0.05, 0) is 63.1 Å². The van der Waals surface area contributed by atoms with E-state index in [-0.39, 0.29) is 23.3 Å². The van der Waals surface area contributed by atoms with Crippen LogP contribution >= 0.6 is 0 Å². The number of nitrogens with zero attached hydrogens (tertiary/aromatic N) is 1. The van der Waals surface area contributed by atoms with Crippen LogP contribution in [0.1, 0.15) is 72.3 Å². The van der Waals surface area contributed by atoms with Crippen molar-refractivity contribution in [1.82, 2.24) is 10.2 Å². The molecule has 2 amide bonds. The van der Waals surface area contributed by atoms with Gasteiger partial charge in [0.15, 0.2) is 11.5 Å². The van der Waals surface area contributed by atoms with Gasteiger partial charge in [0.1, 0.15) is 23.8 Å². The number of carbonyl (C=O) groups is 3. The third-order valence-electron chi connectivity index (χ3n) is 8.48. The van der Waals surface area contributed by atoms with Crippen LogP contribution in [-0.2, 0) is 25.5 Å². The molecule has 0 radical (unpaired) electrons. The minimum Gasteiger partial charge on any atom is -0.504 e. The number of hydrogen-bond acceptors (Lipinski definition) is 7. The summed E-state index contributed by atoms with van der Waals surface area (Å²) in [6.07, 6.45) is 2.41. The lowest BCUT2D eigenvalue weighted by Gasteiger charge is -2.42. The van der Waals surface area contributed by atoms with Gasteiger partial charge in [0.2, 0.25) is 11.8 Å². The largest absolute Gasteiger partial charge is 0.504 e. The molecule has 1 saturated heterocycles. The Bertz CT molecular complexity index is 994. The second-order valence-corrected chi connectivity index (χ2v) is 11.0. The number of amides is 2. The smallest absolute Gasteiger partial charge is 0.329 e. The van der Waals surface area contributed by atoms with Crippen LogP contribution in [-0.4, -0.2) is 68.3 Å². The molecule has 5 atom stereocenters. The van der Waals surface area contributed by atoms with Gasteiger partial charge in [-0.1, -0.05) is 33.3 Å². The molecule has 3 rings (SSSR count). The van der Waals surface area contributed by atoms with Crippen LogP contribution in [0.3, 0.4) is 0 Å². The minimum atomic E-state index is -1.46. The molecule has 4 N–H and O–H groups in total. The first-order chi connectivity index (χ1) is 16.8. The van der Waals surface area contributed by atoms with Crippen LogP contribution in [0.2, 0.25) is 0 Å². The number of aliphatic hydroxyl groups is 1. The maximum absolute atomic E-state index is 13.2. The van der Waals surface area contributed by atoms with Gasteiger partial charge < -0.3 is 30.3 Å². The Hall–Kier alpha value is -2.81. The molecule has 36 heavy (non-hydrogen) atoms. The molecule has 0 aromatic heterocycles. The molecule has 0 spiro atoms. The molecule has 1 aliphatic carbocycles. The van der Waals surface area contributed by atoms with E-state index < -0.39 is 41.6 Å². The second-order valence-electron chi connectivity index (χ2n) is 11.0. The second kappa shape index (κ2) is 10.7. The molecule has 2 unspecified atom stereocenters. The van der Waals surface area contributed by atoms with E-state index in [0.29, 0.717) is 30.9 Å². The van der Waals surface area contributed by atoms with E-state index >= 15 is 0 Å². The Kier molecular flexibility index (Phi) is 8.23. The third-order valence-corrected chi connectivity index (χ3v) is 8.48. The highest BCUT2D eigenvalue weighted by molar-refractivity contribution is 5.92. The van der Waals surface area contributed by atoms with Crippen molar-refractivity contribution in [2.24, 2.45) is 11.3 Å². The molecule has 2 aliphatic rings. The van der Waals surface area contributed by atoms with E-state index in [0.717, 1.165) is 19.3 Å². The van der Waals surface area contributed by atoms with E-state index in [4.69, 9.17) is 4.74 Å². The van der Waals surface area contributed by atoms with Gasteiger partial charge >= 0.3 is 5.97 Å². The van der Waals surface area contributed by atoms with E-state index in [2.05, 4.69) is 26.1 Å². The molecule has 2 fully saturated rings. The Morgan fingerprint density at radius 1 is 1.17 bits per heavy atom. The Morgan fingerprint density at radius 3 is 2.47 bits per heavy atom. The number of phenolic OH excluding ortho intramolecular Hbond substituents is 2. The minimum absolute atomic E-state index is 0.105. The predicted octanol–water partition coefficient (Wildman–Crippen LogP) is 2.65. The van der Waals surface area contributed by atoms with Crippen LogP contribution < -0.4 is 5.32 Å². The lowest BCUT2D eigenvalue weighted by molar-refractivity contribution is -0.176. The van der Waals surface area contributed by atoms with Crippen molar-refractivity contribution in [1.29, 1.82) is 0 Å². The quantitative estimate of drug-likeness (QED) is 0.316. The van der Waals surface area contributed by atoms with Crippen LogP contribution in [0.4, 0.5) is 0 Å². The number of hydrogen-bond donors (Lipinski definition) is 4. The number of esters is 1. The molecule has 1 aromatic rings. The highest BCUT2D eigenvalue weighted by atomic mass is 16.6. The van der Waals surface area contributed by atoms with Gasteiger partial charge in [-0.25, -0.2) is 4.79 Å². The third kappa shape index (κ3) is 5.45. The van der Waals surface area contributed by atoms with Crippen molar-refractivity contribution in [2.75, 3.05) is 6.54 Å². The fraction of sp³-hybridized carbons (Fsp3) is 0.667. The van der Waals surface area contributed by atoms with Crippen LogP contribution in [0.25, 0.3) is 0 Å². The van der Waals surface area contributed by atoms with Gasteiger partial charge in [0, 0.05) is 18.4 Å². The van der Waals surface area contributed by atoms with Gasteiger partial charge in [-0.2, -0.15) is 0 Å². The summed E-state index contributed by atoms with van der Waals surface area (Å²) in [5, 5.41) is 31.8. The fourth-order valence-electron chi connectivity index (χ4n) is 5.66. The first-order valence-electron chi connectivity index (χ1n) is 12.8. The lowest BCUT2D eigenvalue weighted by atomic mass is 9.72. The zero-order chi connectivity index (χ0) is 26.8. The zero-order valence-electron chi connectivity index (χ0n) is 21.9. The first-order valence-corrected chi connectivity index (χ1v) is 12.8. The Balaban J connectivity index is 1.60. The van der Waals surface area contributed by atoms with E-state index in [9.17, 15) is 29.7 Å². The summed E-state index contributed by atoms with van der Waals surface area (Å²) in [7, 11) is 0. The number of carbonyl (C=O) groups excluding carboxylic acids is 3. The summed E-state index contributed by atoms with van der Waals surface area (Å²) in [5.41, 5.74) is -0.325. The molecular weight excluding hydrogens is 464 g/mol. The average Bonchev–Trinajstić information content (AvgIpc) is 3.38. The Morgan fingerprint density at radius 2 is 1.86 bits per heavy atom. The van der Waals surface area contributed by atoms with Gasteiger partial charge in [0.25, 0.3) is 0 Å². The van der Waals surface area contributed by atoms with Gasteiger partial charge in [-0.3, -0.25) is 9.59 Å². The summed E-state index contributed by atoms with van der Waals surface area (Å²) in [6, 6.07) is 2.36.